The molecule has 4 nitrogen and oxygen atoms in total. The minimum absolute atomic E-state index is 0.148. The first-order valence-corrected chi connectivity index (χ1v) is 5.72. The molecule has 0 saturated heterocycles. The minimum Gasteiger partial charge on any atom is -0.396 e. The number of hydrogen-bond donors (Lipinski definition) is 1. The Kier molecular flexibility index (Phi) is 3.13. The smallest absolute Gasteiger partial charge is 0.227 e. The van der Waals surface area contributed by atoms with Gasteiger partial charge < -0.3 is 9.63 Å². The number of aliphatic hydroxyl groups is 1. The summed E-state index contributed by atoms with van der Waals surface area (Å²) in [7, 11) is 0. The molecule has 15 heavy (non-hydrogen) atoms. The number of aryl methyl sites for hydroxylation is 2. The molecule has 0 spiro atoms. The molecular weight excluding hydrogens is 212 g/mol. The van der Waals surface area contributed by atoms with Crippen LogP contribution in [0, 0.1) is 6.92 Å². The highest BCUT2D eigenvalue weighted by atomic mass is 32.1. The van der Waals surface area contributed by atoms with Crippen molar-refractivity contribution in [3.8, 4) is 11.4 Å². The van der Waals surface area contributed by atoms with Crippen molar-refractivity contribution in [3.05, 3.63) is 22.2 Å². The predicted octanol–water partition coefficient (Wildman–Crippen LogP) is 2.03. The Morgan fingerprint density at radius 2 is 2.33 bits per heavy atom. The van der Waals surface area contributed by atoms with Gasteiger partial charge in [0, 0.05) is 24.0 Å². The molecule has 0 unspecified atom stereocenters. The molecule has 0 aliphatic heterocycles. The summed E-state index contributed by atoms with van der Waals surface area (Å²) in [5, 5.41) is 16.7. The first-order chi connectivity index (χ1) is 7.31. The van der Waals surface area contributed by atoms with E-state index in [1.807, 2.05) is 12.3 Å². The van der Waals surface area contributed by atoms with Gasteiger partial charge in [0.25, 0.3) is 0 Å². The van der Waals surface area contributed by atoms with Crippen LogP contribution in [0.15, 0.2) is 15.3 Å². The fourth-order valence-electron chi connectivity index (χ4n) is 1.29. The maximum absolute atomic E-state index is 8.67. The summed E-state index contributed by atoms with van der Waals surface area (Å²) in [5.41, 5.74) is 2.19. The lowest BCUT2D eigenvalue weighted by Gasteiger charge is -1.89. The van der Waals surface area contributed by atoms with E-state index in [1.165, 1.54) is 0 Å². The summed E-state index contributed by atoms with van der Waals surface area (Å²) < 4.78 is 5.08. The highest BCUT2D eigenvalue weighted by Crippen LogP contribution is 2.24. The van der Waals surface area contributed by atoms with E-state index in [-0.39, 0.29) is 6.61 Å². The molecule has 0 amide bonds. The maximum Gasteiger partial charge on any atom is 0.227 e. The monoisotopic (exact) mass is 224 g/mol. The van der Waals surface area contributed by atoms with Crippen LogP contribution in [0.3, 0.4) is 0 Å². The van der Waals surface area contributed by atoms with Gasteiger partial charge in [-0.25, -0.2) is 0 Å². The van der Waals surface area contributed by atoms with Crippen LogP contribution in [0.25, 0.3) is 11.4 Å². The van der Waals surface area contributed by atoms with Crippen LogP contribution in [0.2, 0.25) is 0 Å². The third kappa shape index (κ3) is 2.24. The molecule has 80 valence electrons. The lowest BCUT2D eigenvalue weighted by atomic mass is 10.2. The van der Waals surface area contributed by atoms with Gasteiger partial charge in [0.2, 0.25) is 11.7 Å². The Labute approximate surface area is 91.6 Å². The van der Waals surface area contributed by atoms with Crippen molar-refractivity contribution in [1.82, 2.24) is 10.1 Å². The van der Waals surface area contributed by atoms with Crippen molar-refractivity contribution in [2.75, 3.05) is 6.61 Å². The third-order valence-electron chi connectivity index (χ3n) is 2.11. The van der Waals surface area contributed by atoms with Gasteiger partial charge in [-0.1, -0.05) is 5.16 Å². The molecule has 2 heterocycles. The first kappa shape index (κ1) is 10.3. The van der Waals surface area contributed by atoms with Gasteiger partial charge >= 0.3 is 0 Å². The van der Waals surface area contributed by atoms with E-state index in [9.17, 15) is 0 Å². The maximum atomic E-state index is 8.67. The summed E-state index contributed by atoms with van der Waals surface area (Å²) in [6.07, 6.45) is 1.29. The zero-order valence-electron chi connectivity index (χ0n) is 8.43. The molecule has 0 radical (unpaired) electrons. The Bertz CT molecular complexity index is 436. The van der Waals surface area contributed by atoms with E-state index in [0.717, 1.165) is 11.1 Å². The van der Waals surface area contributed by atoms with Gasteiger partial charge in [-0.05, 0) is 24.3 Å². The van der Waals surface area contributed by atoms with E-state index in [2.05, 4.69) is 15.5 Å². The van der Waals surface area contributed by atoms with Crippen LogP contribution in [-0.2, 0) is 6.42 Å². The summed E-state index contributed by atoms with van der Waals surface area (Å²) in [4.78, 5) is 4.27. The molecule has 1 N–H and O–H groups in total. The Morgan fingerprint density at radius 3 is 3.00 bits per heavy atom. The van der Waals surface area contributed by atoms with E-state index in [1.54, 1.807) is 11.3 Å². The number of nitrogens with zero attached hydrogens (tertiary/aromatic N) is 2. The fourth-order valence-corrected chi connectivity index (χ4v) is 2.11. The van der Waals surface area contributed by atoms with Crippen molar-refractivity contribution in [3.63, 3.8) is 0 Å². The average molecular weight is 224 g/mol. The lowest BCUT2D eigenvalue weighted by Crippen LogP contribution is -1.89. The predicted molar refractivity (Wildman–Crippen MR) is 57.8 cm³/mol. The van der Waals surface area contributed by atoms with Gasteiger partial charge in [0.05, 0.1) is 0 Å². The Hall–Kier alpha value is -1.20. The molecule has 0 fully saturated rings. The van der Waals surface area contributed by atoms with Gasteiger partial charge in [-0.15, -0.1) is 0 Å². The van der Waals surface area contributed by atoms with Crippen LogP contribution >= 0.6 is 11.3 Å². The topological polar surface area (TPSA) is 59.2 Å². The second kappa shape index (κ2) is 4.55. The standard InChI is InChI=1S/C10H12N2O2S/c1-7-5-15-6-8(7)10-11-9(14-12-10)3-2-4-13/h5-6,13H,2-4H2,1H3. The molecule has 2 aromatic rings. The highest BCUT2D eigenvalue weighted by Gasteiger charge is 2.10. The van der Waals surface area contributed by atoms with E-state index in [4.69, 9.17) is 9.63 Å². The molecule has 2 aromatic heterocycles. The fraction of sp³-hybridized carbons (Fsp3) is 0.400. The SMILES string of the molecule is Cc1cscc1-c1noc(CCCO)n1. The second-order valence-electron chi connectivity index (χ2n) is 3.31. The van der Waals surface area contributed by atoms with E-state index in [0.29, 0.717) is 24.6 Å². The molecule has 0 saturated carbocycles. The van der Waals surface area contributed by atoms with Crippen LogP contribution in [-0.4, -0.2) is 21.9 Å². The Morgan fingerprint density at radius 1 is 1.47 bits per heavy atom. The second-order valence-corrected chi connectivity index (χ2v) is 4.05. The normalized spacial score (nSPS) is 10.8. The largest absolute Gasteiger partial charge is 0.396 e. The summed E-state index contributed by atoms with van der Waals surface area (Å²) >= 11 is 1.63. The summed E-state index contributed by atoms with van der Waals surface area (Å²) in [6.45, 7) is 2.17. The molecule has 5 heteroatoms. The van der Waals surface area contributed by atoms with Crippen molar-refractivity contribution < 1.29 is 9.63 Å². The molecule has 0 bridgehead atoms. The average Bonchev–Trinajstić information content (AvgIpc) is 2.83. The van der Waals surface area contributed by atoms with E-state index < -0.39 is 0 Å². The molecular formula is C10H12N2O2S. The number of aliphatic hydroxyl groups excluding tert-OH is 1. The zero-order valence-corrected chi connectivity index (χ0v) is 9.25. The molecule has 0 aromatic carbocycles. The number of rotatable bonds is 4. The van der Waals surface area contributed by atoms with Gasteiger partial charge in [0.15, 0.2) is 0 Å². The Balaban J connectivity index is 2.17. The van der Waals surface area contributed by atoms with Crippen molar-refractivity contribution in [1.29, 1.82) is 0 Å². The molecule has 2 rings (SSSR count). The quantitative estimate of drug-likeness (QED) is 0.863. The van der Waals surface area contributed by atoms with Gasteiger partial charge in [0.1, 0.15) is 0 Å². The molecule has 0 atom stereocenters. The van der Waals surface area contributed by atoms with Crippen LogP contribution < -0.4 is 0 Å². The number of hydrogen-bond acceptors (Lipinski definition) is 5. The number of thiophene rings is 1. The van der Waals surface area contributed by atoms with Gasteiger partial charge in [-0.2, -0.15) is 16.3 Å². The number of aromatic nitrogens is 2. The zero-order chi connectivity index (χ0) is 10.7. The van der Waals surface area contributed by atoms with Crippen molar-refractivity contribution >= 4 is 11.3 Å². The van der Waals surface area contributed by atoms with Gasteiger partial charge in [-0.3, -0.25) is 0 Å². The van der Waals surface area contributed by atoms with Crippen molar-refractivity contribution in [2.24, 2.45) is 0 Å². The highest BCUT2D eigenvalue weighted by molar-refractivity contribution is 7.08. The van der Waals surface area contributed by atoms with Crippen LogP contribution in [0.4, 0.5) is 0 Å². The summed E-state index contributed by atoms with van der Waals surface area (Å²) in [5.74, 6) is 1.23. The molecule has 0 aliphatic carbocycles. The lowest BCUT2D eigenvalue weighted by molar-refractivity contribution is 0.278. The van der Waals surface area contributed by atoms with E-state index >= 15 is 0 Å². The third-order valence-corrected chi connectivity index (χ3v) is 2.97. The van der Waals surface area contributed by atoms with Crippen LogP contribution in [0.1, 0.15) is 17.9 Å². The minimum atomic E-state index is 0.148. The molecule has 0 aliphatic rings. The first-order valence-electron chi connectivity index (χ1n) is 4.78. The van der Waals surface area contributed by atoms with Crippen molar-refractivity contribution in [2.45, 2.75) is 19.8 Å². The summed E-state index contributed by atoms with van der Waals surface area (Å²) in [6, 6.07) is 0. The van der Waals surface area contributed by atoms with Crippen LogP contribution in [0.5, 0.6) is 0 Å².